The van der Waals surface area contributed by atoms with E-state index in [0.29, 0.717) is 26.9 Å². The van der Waals surface area contributed by atoms with Gasteiger partial charge in [0.2, 0.25) is 0 Å². The number of rotatable bonds is 5. The summed E-state index contributed by atoms with van der Waals surface area (Å²) in [4.78, 5) is 18.2. The molecule has 1 aromatic carbocycles. The number of aliphatic hydroxyl groups is 1. The van der Waals surface area contributed by atoms with E-state index in [4.69, 9.17) is 11.6 Å². The predicted octanol–water partition coefficient (Wildman–Crippen LogP) is 4.00. The zero-order valence-corrected chi connectivity index (χ0v) is 18.0. The monoisotopic (exact) mass is 525 g/mol. The van der Waals surface area contributed by atoms with Crippen molar-refractivity contribution in [2.75, 3.05) is 7.05 Å². The third-order valence-corrected chi connectivity index (χ3v) is 6.03. The lowest BCUT2D eigenvalue weighted by atomic mass is 10.1. The Labute approximate surface area is 176 Å². The Hall–Kier alpha value is -1.14. The fourth-order valence-electron chi connectivity index (χ4n) is 2.77. The van der Waals surface area contributed by atoms with Crippen molar-refractivity contribution >= 4 is 50.5 Å². The van der Waals surface area contributed by atoms with Crippen LogP contribution in [0.25, 0.3) is 4.96 Å². The van der Waals surface area contributed by atoms with Crippen LogP contribution in [-0.4, -0.2) is 21.5 Å². The fourth-order valence-corrected chi connectivity index (χ4v) is 4.31. The van der Waals surface area contributed by atoms with Gasteiger partial charge in [0.1, 0.15) is 6.23 Å². The number of hydrogen-bond acceptors (Lipinski definition) is 5. The molecule has 5 nitrogen and oxygen atoms in total. The average Bonchev–Trinajstić information content (AvgIpc) is 2.91. The van der Waals surface area contributed by atoms with E-state index in [1.165, 1.54) is 40.0 Å². The molecule has 0 spiro atoms. The highest BCUT2D eigenvalue weighted by molar-refractivity contribution is 14.1. The second-order valence-electron chi connectivity index (χ2n) is 5.92. The summed E-state index contributed by atoms with van der Waals surface area (Å²) in [7, 11) is 1.58. The van der Waals surface area contributed by atoms with E-state index in [0.717, 1.165) is 27.5 Å². The van der Waals surface area contributed by atoms with Gasteiger partial charge in [-0.05, 0) is 31.7 Å². The van der Waals surface area contributed by atoms with Crippen LogP contribution in [0.5, 0.6) is 0 Å². The lowest BCUT2D eigenvalue weighted by Crippen LogP contribution is -2.24. The second kappa shape index (κ2) is 7.70. The summed E-state index contributed by atoms with van der Waals surface area (Å²) in [5.74, 6) is 0. The number of aliphatic hydroxyl groups excluding tert-OH is 1. The first-order valence-corrected chi connectivity index (χ1v) is 10.1. The number of benzene rings is 1. The van der Waals surface area contributed by atoms with Crippen molar-refractivity contribution in [2.24, 2.45) is 0 Å². The molecule has 0 bridgehead atoms. The molecule has 2 N–H and O–H groups in total. The molecule has 0 aliphatic carbocycles. The van der Waals surface area contributed by atoms with Gasteiger partial charge in [-0.25, -0.2) is 4.98 Å². The predicted molar refractivity (Wildman–Crippen MR) is 110 cm³/mol. The summed E-state index contributed by atoms with van der Waals surface area (Å²) in [6, 6.07) is 5.35. The van der Waals surface area contributed by atoms with Gasteiger partial charge < -0.3 is 5.11 Å². The summed E-state index contributed by atoms with van der Waals surface area (Å²) in [5, 5.41) is 13.1. The van der Waals surface area contributed by atoms with E-state index in [1.807, 2.05) is 0 Å². The molecule has 144 valence electrons. The molecule has 0 fully saturated rings. The molecule has 27 heavy (non-hydrogen) atoms. The van der Waals surface area contributed by atoms with E-state index in [1.54, 1.807) is 14.0 Å². The van der Waals surface area contributed by atoms with Crippen molar-refractivity contribution < 1.29 is 13.9 Å². The number of halogens is 4. The van der Waals surface area contributed by atoms with Crippen LogP contribution in [0.4, 0.5) is 8.78 Å². The van der Waals surface area contributed by atoms with Gasteiger partial charge in [0.25, 0.3) is 5.56 Å². The average molecular weight is 526 g/mol. The largest absolute Gasteiger partial charge is 0.373 e. The topological polar surface area (TPSA) is 66.6 Å². The molecule has 10 heteroatoms. The number of aryl methyl sites for hydroxylation is 1. The quantitative estimate of drug-likeness (QED) is 0.300. The van der Waals surface area contributed by atoms with Crippen LogP contribution in [0.1, 0.15) is 33.6 Å². The minimum absolute atomic E-state index is 0.145. The Morgan fingerprint density at radius 2 is 2.15 bits per heavy atom. The second-order valence-corrected chi connectivity index (χ2v) is 8.86. The number of fused-ring (bicyclic) bond motifs is 1. The van der Waals surface area contributed by atoms with Crippen LogP contribution < -0.4 is 10.9 Å². The highest BCUT2D eigenvalue weighted by Gasteiger charge is 2.27. The van der Waals surface area contributed by atoms with Gasteiger partial charge in [-0.1, -0.05) is 17.7 Å². The first-order chi connectivity index (χ1) is 12.6. The molecule has 0 amide bonds. The molecule has 1 atom stereocenters. The fraction of sp³-hybridized carbons (Fsp3) is 0.294. The first-order valence-electron chi connectivity index (χ1n) is 7.84. The van der Waals surface area contributed by atoms with Gasteiger partial charge in [-0.2, -0.15) is 8.78 Å². The minimum Gasteiger partial charge on any atom is -0.373 e. The number of alkyl halides is 3. The molecule has 0 aliphatic rings. The van der Waals surface area contributed by atoms with Gasteiger partial charge in [-0.15, -0.1) is 11.3 Å². The zero-order chi connectivity index (χ0) is 19.9. The third kappa shape index (κ3) is 4.16. The molecule has 3 aromatic rings. The number of thiazole rings is 1. The molecular formula is C17H15ClF2IN3O2S. The molecule has 2 heterocycles. The van der Waals surface area contributed by atoms with Crippen LogP contribution in [-0.2, 0) is 10.4 Å². The van der Waals surface area contributed by atoms with Gasteiger partial charge in [0, 0.05) is 50.5 Å². The van der Waals surface area contributed by atoms with Crippen LogP contribution in [0, 0.1) is 6.92 Å². The maximum absolute atomic E-state index is 13.6. The first kappa shape index (κ1) is 20.6. The maximum atomic E-state index is 13.6. The molecule has 1 unspecified atom stereocenters. The van der Waals surface area contributed by atoms with Crippen molar-refractivity contribution in [3.05, 3.63) is 67.0 Å². The van der Waals surface area contributed by atoms with Crippen LogP contribution >= 0.6 is 45.5 Å². The maximum Gasteiger partial charge on any atom is 0.321 e. The van der Waals surface area contributed by atoms with E-state index in [-0.39, 0.29) is 17.5 Å². The molecule has 0 saturated heterocycles. The zero-order valence-electron chi connectivity index (χ0n) is 14.3. The smallest absolute Gasteiger partial charge is 0.321 e. The number of nitrogens with one attached hydrogen (secondary N) is 1. The summed E-state index contributed by atoms with van der Waals surface area (Å²) in [6.07, 6.45) is -0.854. The van der Waals surface area contributed by atoms with Crippen molar-refractivity contribution in [3.63, 3.8) is 0 Å². The molecule has 0 aliphatic heterocycles. The number of hydrogen-bond donors (Lipinski definition) is 2. The van der Waals surface area contributed by atoms with Gasteiger partial charge in [0.15, 0.2) is 4.96 Å². The van der Waals surface area contributed by atoms with Crippen LogP contribution in [0.2, 0.25) is 5.02 Å². The van der Waals surface area contributed by atoms with E-state index in [9.17, 15) is 18.7 Å². The Kier molecular flexibility index (Phi) is 5.88. The molecule has 0 radical (unpaired) electrons. The normalized spacial score (nSPS) is 13.3. The molecule has 3 rings (SSSR count). The molecule has 2 aromatic heterocycles. The Morgan fingerprint density at radius 1 is 1.44 bits per heavy atom. The third-order valence-electron chi connectivity index (χ3n) is 4.06. The van der Waals surface area contributed by atoms with Gasteiger partial charge in [-0.3, -0.25) is 14.5 Å². The Bertz CT molecular complexity index is 1060. The molecule has 0 saturated carbocycles. The standard InChI is InChI=1S/C17H15ClF2IN3O2S/c1-8-14(15(26)22-2)24-13(25)7-11(23-16(24)27-8)6-9-5-10(17(19,20)21)3-4-12(9)18/h3-5,7,15,22,26H,6H2,1-2H3. The van der Waals surface area contributed by atoms with Crippen molar-refractivity contribution in [3.8, 4) is 0 Å². The van der Waals surface area contributed by atoms with Gasteiger partial charge in [0.05, 0.1) is 11.4 Å². The number of nitrogens with zero attached hydrogens (tertiary/aromatic N) is 2. The lowest BCUT2D eigenvalue weighted by Gasteiger charge is -2.12. The van der Waals surface area contributed by atoms with Crippen molar-refractivity contribution in [1.82, 2.24) is 14.7 Å². The summed E-state index contributed by atoms with van der Waals surface area (Å²) < 4.78 is 25.5. The van der Waals surface area contributed by atoms with E-state index in [2.05, 4.69) is 10.3 Å². The summed E-state index contributed by atoms with van der Waals surface area (Å²) >= 11 is 8.48. The van der Waals surface area contributed by atoms with E-state index < -0.39 is 10.2 Å². The highest BCUT2D eigenvalue weighted by Crippen LogP contribution is 2.37. The van der Waals surface area contributed by atoms with Crippen molar-refractivity contribution in [2.45, 2.75) is 23.5 Å². The Balaban J connectivity index is 2.06. The minimum atomic E-state index is -3.02. The Morgan fingerprint density at radius 3 is 2.78 bits per heavy atom. The summed E-state index contributed by atoms with van der Waals surface area (Å²) in [6.45, 7) is 1.79. The van der Waals surface area contributed by atoms with Crippen molar-refractivity contribution in [1.29, 1.82) is 0 Å². The van der Waals surface area contributed by atoms with Crippen LogP contribution in [0.15, 0.2) is 29.1 Å². The summed E-state index contributed by atoms with van der Waals surface area (Å²) in [5.41, 5.74) is 0.807. The van der Waals surface area contributed by atoms with Gasteiger partial charge >= 0.3 is 3.93 Å². The molecular weight excluding hydrogens is 511 g/mol. The highest BCUT2D eigenvalue weighted by atomic mass is 127. The lowest BCUT2D eigenvalue weighted by molar-refractivity contribution is 0.127. The van der Waals surface area contributed by atoms with Crippen LogP contribution in [0.3, 0.4) is 0 Å². The van der Waals surface area contributed by atoms with E-state index >= 15 is 0 Å². The number of aromatic nitrogens is 2. The SMILES string of the molecule is CNC(O)c1c(C)sc2nc(Cc3cc(C(F)(F)I)ccc3Cl)cc(=O)n12.